The minimum Gasteiger partial charge on any atom is -0.369 e. The maximum atomic E-state index is 12.9. The number of benzene rings is 1. The van der Waals surface area contributed by atoms with Crippen LogP contribution < -0.4 is 5.73 Å². The highest BCUT2D eigenvalue weighted by Gasteiger charge is 2.31. The lowest BCUT2D eigenvalue weighted by Gasteiger charge is -2.12. The fraction of sp³-hybridized carbons (Fsp3) is 0.0769. The number of nitrogens with zero attached hydrogens (tertiary/aromatic N) is 3. The summed E-state index contributed by atoms with van der Waals surface area (Å²) in [5.74, 6) is 0.0729. The number of halogens is 4. The molecule has 2 heterocycles. The molecule has 0 aliphatic rings. The van der Waals surface area contributed by atoms with Crippen molar-refractivity contribution in [2.75, 3.05) is 5.73 Å². The van der Waals surface area contributed by atoms with E-state index in [2.05, 4.69) is 25.9 Å². The molecule has 0 spiro atoms. The predicted octanol–water partition coefficient (Wildman–Crippen LogP) is 3.78. The van der Waals surface area contributed by atoms with Gasteiger partial charge < -0.3 is 5.73 Å². The lowest BCUT2D eigenvalue weighted by Crippen LogP contribution is -2.08. The van der Waals surface area contributed by atoms with Crippen LogP contribution in [0.15, 0.2) is 41.0 Å². The predicted molar refractivity (Wildman–Crippen MR) is 76.0 cm³/mol. The second-order valence-corrected chi connectivity index (χ2v) is 5.17. The Kier molecular flexibility index (Phi) is 3.12. The molecule has 0 aliphatic carbocycles. The van der Waals surface area contributed by atoms with E-state index in [1.165, 1.54) is 16.8 Å². The molecule has 0 bridgehead atoms. The zero-order valence-corrected chi connectivity index (χ0v) is 12.0. The number of hydrogen-bond acceptors (Lipinski definition) is 3. The standard InChI is InChI=1S/C13H8BrF3N4/c14-8-4-3-7(13(15,16)17)6-10(8)21-11-9(20-12(21)18)2-1-5-19-11/h1-6H,(H2,18,20). The van der Waals surface area contributed by atoms with E-state index in [0.29, 0.717) is 15.6 Å². The van der Waals surface area contributed by atoms with Gasteiger partial charge in [0.25, 0.3) is 0 Å². The molecule has 0 fully saturated rings. The summed E-state index contributed by atoms with van der Waals surface area (Å²) >= 11 is 3.24. The van der Waals surface area contributed by atoms with Gasteiger partial charge in [0.15, 0.2) is 5.65 Å². The van der Waals surface area contributed by atoms with Crippen molar-refractivity contribution in [1.29, 1.82) is 0 Å². The zero-order chi connectivity index (χ0) is 15.2. The summed E-state index contributed by atoms with van der Waals surface area (Å²) in [5, 5.41) is 0. The molecule has 3 rings (SSSR count). The molecule has 0 aliphatic heterocycles. The smallest absolute Gasteiger partial charge is 0.369 e. The lowest BCUT2D eigenvalue weighted by atomic mass is 10.2. The monoisotopic (exact) mass is 356 g/mol. The number of hydrogen-bond donors (Lipinski definition) is 1. The number of pyridine rings is 1. The highest BCUT2D eigenvalue weighted by Crippen LogP contribution is 2.34. The third-order valence-electron chi connectivity index (χ3n) is 2.96. The van der Waals surface area contributed by atoms with Crippen LogP contribution in [-0.4, -0.2) is 14.5 Å². The Bertz CT molecular complexity index is 826. The fourth-order valence-electron chi connectivity index (χ4n) is 2.03. The molecule has 0 atom stereocenters. The number of rotatable bonds is 1. The Labute approximate surface area is 125 Å². The van der Waals surface area contributed by atoms with Gasteiger partial charge in [-0.2, -0.15) is 13.2 Å². The van der Waals surface area contributed by atoms with Crippen molar-refractivity contribution in [3.8, 4) is 5.69 Å². The first-order valence-corrected chi connectivity index (χ1v) is 6.63. The Hall–Kier alpha value is -2.09. The van der Waals surface area contributed by atoms with Gasteiger partial charge in [0.2, 0.25) is 5.95 Å². The molecule has 1 aromatic carbocycles. The van der Waals surface area contributed by atoms with Gasteiger partial charge in [-0.1, -0.05) is 0 Å². The molecule has 0 unspecified atom stereocenters. The molecule has 0 saturated heterocycles. The van der Waals surface area contributed by atoms with Crippen molar-refractivity contribution in [2.24, 2.45) is 0 Å². The van der Waals surface area contributed by atoms with E-state index in [4.69, 9.17) is 5.73 Å². The van der Waals surface area contributed by atoms with Crippen LogP contribution in [0.5, 0.6) is 0 Å². The Morgan fingerprint density at radius 3 is 2.67 bits per heavy atom. The summed E-state index contributed by atoms with van der Waals surface area (Å²) in [5.41, 5.74) is 6.21. The van der Waals surface area contributed by atoms with Crippen molar-refractivity contribution >= 4 is 33.0 Å². The average Bonchev–Trinajstić information content (AvgIpc) is 2.74. The van der Waals surface area contributed by atoms with E-state index in [1.54, 1.807) is 12.1 Å². The largest absolute Gasteiger partial charge is 0.416 e. The number of anilines is 1. The first kappa shape index (κ1) is 13.9. The topological polar surface area (TPSA) is 56.7 Å². The minimum atomic E-state index is -4.44. The fourth-order valence-corrected chi connectivity index (χ4v) is 2.45. The number of alkyl halides is 3. The van der Waals surface area contributed by atoms with Gasteiger partial charge in [0.05, 0.1) is 11.3 Å². The third kappa shape index (κ3) is 2.35. The van der Waals surface area contributed by atoms with Gasteiger partial charge in [0.1, 0.15) is 5.52 Å². The van der Waals surface area contributed by atoms with Crippen LogP contribution in [0.4, 0.5) is 19.1 Å². The van der Waals surface area contributed by atoms with Crippen molar-refractivity contribution in [2.45, 2.75) is 6.18 Å². The number of nitrogens with two attached hydrogens (primary N) is 1. The van der Waals surface area contributed by atoms with E-state index >= 15 is 0 Å². The van der Waals surface area contributed by atoms with Crippen molar-refractivity contribution in [3.63, 3.8) is 0 Å². The molecule has 3 aromatic rings. The van der Waals surface area contributed by atoms with E-state index in [-0.39, 0.29) is 11.6 Å². The maximum absolute atomic E-state index is 12.9. The van der Waals surface area contributed by atoms with Crippen LogP contribution in [-0.2, 0) is 6.18 Å². The molecule has 2 N–H and O–H groups in total. The maximum Gasteiger partial charge on any atom is 0.416 e. The highest BCUT2D eigenvalue weighted by atomic mass is 79.9. The molecular weight excluding hydrogens is 349 g/mol. The molecule has 8 heteroatoms. The van der Waals surface area contributed by atoms with Crippen LogP contribution in [0.2, 0.25) is 0 Å². The second kappa shape index (κ2) is 4.73. The van der Waals surface area contributed by atoms with Gasteiger partial charge in [-0.3, -0.25) is 4.57 Å². The summed E-state index contributed by atoms with van der Waals surface area (Å²) in [6.07, 6.45) is -2.91. The van der Waals surface area contributed by atoms with Crippen LogP contribution in [0.1, 0.15) is 5.56 Å². The number of nitrogen functional groups attached to an aromatic ring is 1. The summed E-state index contributed by atoms with van der Waals surface area (Å²) < 4.78 is 40.5. The van der Waals surface area contributed by atoms with Crippen LogP contribution >= 0.6 is 15.9 Å². The van der Waals surface area contributed by atoms with E-state index in [9.17, 15) is 13.2 Å². The molecule has 4 nitrogen and oxygen atoms in total. The first-order chi connectivity index (χ1) is 9.88. The van der Waals surface area contributed by atoms with E-state index in [0.717, 1.165) is 12.1 Å². The normalized spacial score (nSPS) is 12.0. The van der Waals surface area contributed by atoms with Gasteiger partial charge in [-0.05, 0) is 46.3 Å². The van der Waals surface area contributed by atoms with E-state index in [1.807, 2.05) is 0 Å². The van der Waals surface area contributed by atoms with Gasteiger partial charge >= 0.3 is 6.18 Å². The van der Waals surface area contributed by atoms with E-state index < -0.39 is 11.7 Å². The molecule has 2 aromatic heterocycles. The first-order valence-electron chi connectivity index (χ1n) is 5.84. The van der Waals surface area contributed by atoms with Gasteiger partial charge in [0, 0.05) is 10.7 Å². The third-order valence-corrected chi connectivity index (χ3v) is 3.63. The lowest BCUT2D eigenvalue weighted by molar-refractivity contribution is -0.137. The van der Waals surface area contributed by atoms with Crippen LogP contribution in [0.25, 0.3) is 16.9 Å². The van der Waals surface area contributed by atoms with Crippen LogP contribution in [0, 0.1) is 0 Å². The number of imidazole rings is 1. The summed E-state index contributed by atoms with van der Waals surface area (Å²) in [7, 11) is 0. The molecule has 0 amide bonds. The Morgan fingerprint density at radius 1 is 1.19 bits per heavy atom. The Balaban J connectivity index is 2.30. The zero-order valence-electron chi connectivity index (χ0n) is 10.4. The molecule has 108 valence electrons. The highest BCUT2D eigenvalue weighted by molar-refractivity contribution is 9.10. The van der Waals surface area contributed by atoms with Crippen molar-refractivity contribution in [1.82, 2.24) is 14.5 Å². The molecule has 0 saturated carbocycles. The summed E-state index contributed by atoms with van der Waals surface area (Å²) in [4.78, 5) is 8.23. The molecule has 21 heavy (non-hydrogen) atoms. The Morgan fingerprint density at radius 2 is 1.95 bits per heavy atom. The summed E-state index contributed by atoms with van der Waals surface area (Å²) in [6.45, 7) is 0. The van der Waals surface area contributed by atoms with Crippen molar-refractivity contribution in [3.05, 3.63) is 46.6 Å². The van der Waals surface area contributed by atoms with Gasteiger partial charge in [-0.15, -0.1) is 0 Å². The number of aromatic nitrogens is 3. The SMILES string of the molecule is Nc1nc2cccnc2n1-c1cc(C(F)(F)F)ccc1Br. The number of fused-ring (bicyclic) bond motifs is 1. The molecule has 0 radical (unpaired) electrons. The van der Waals surface area contributed by atoms with Crippen molar-refractivity contribution < 1.29 is 13.2 Å². The minimum absolute atomic E-state index is 0.0729. The quantitative estimate of drug-likeness (QED) is 0.721. The molecular formula is C13H8BrF3N4. The van der Waals surface area contributed by atoms with Gasteiger partial charge in [-0.25, -0.2) is 9.97 Å². The van der Waals surface area contributed by atoms with Crippen LogP contribution in [0.3, 0.4) is 0 Å². The average molecular weight is 357 g/mol. The second-order valence-electron chi connectivity index (χ2n) is 4.32. The summed E-state index contributed by atoms with van der Waals surface area (Å²) in [6, 6.07) is 6.70.